The van der Waals surface area contributed by atoms with Gasteiger partial charge in [0, 0.05) is 24.9 Å². The van der Waals surface area contributed by atoms with Gasteiger partial charge in [-0.05, 0) is 39.8 Å². The van der Waals surface area contributed by atoms with E-state index in [4.69, 9.17) is 15.2 Å². The second-order valence-corrected chi connectivity index (χ2v) is 4.57. The number of nitrogens with one attached hydrogen (secondary N) is 1. The first kappa shape index (κ1) is 14.6. The summed E-state index contributed by atoms with van der Waals surface area (Å²) < 4.78 is 11.1. The maximum atomic E-state index is 5.86. The Labute approximate surface area is 109 Å². The normalized spacial score (nSPS) is 12.5. The molecule has 0 heterocycles. The molecule has 0 fully saturated rings. The molecule has 1 atom stereocenters. The van der Waals surface area contributed by atoms with Gasteiger partial charge in [-0.15, -0.1) is 0 Å². The Morgan fingerprint density at radius 3 is 2.61 bits per heavy atom. The van der Waals surface area contributed by atoms with Crippen LogP contribution in [0.15, 0.2) is 18.2 Å². The number of rotatable bonds is 7. The van der Waals surface area contributed by atoms with Gasteiger partial charge in [-0.25, -0.2) is 0 Å². The lowest BCUT2D eigenvalue weighted by molar-refractivity contribution is 0.0855. The largest absolute Gasteiger partial charge is 0.489 e. The Balaban J connectivity index is 2.61. The summed E-state index contributed by atoms with van der Waals surface area (Å²) >= 11 is 0. The number of hydrogen-bond donors (Lipinski definition) is 2. The van der Waals surface area contributed by atoms with Crippen LogP contribution in [0.1, 0.15) is 27.7 Å². The van der Waals surface area contributed by atoms with Crippen molar-refractivity contribution in [3.8, 4) is 5.75 Å². The molecular formula is C14H24N2O2. The van der Waals surface area contributed by atoms with Crippen LogP contribution in [0.5, 0.6) is 5.75 Å². The van der Waals surface area contributed by atoms with Crippen LogP contribution in [0.25, 0.3) is 0 Å². The van der Waals surface area contributed by atoms with E-state index in [1.54, 1.807) is 0 Å². The lowest BCUT2D eigenvalue weighted by atomic mass is 10.2. The minimum atomic E-state index is 0.116. The average Bonchev–Trinajstić information content (AvgIpc) is 2.30. The van der Waals surface area contributed by atoms with E-state index in [2.05, 4.69) is 5.32 Å². The monoisotopic (exact) mass is 252 g/mol. The molecule has 0 spiro atoms. The summed E-state index contributed by atoms with van der Waals surface area (Å²) in [7, 11) is 0. The number of nitrogen functional groups attached to an aromatic ring is 1. The molecule has 1 unspecified atom stereocenters. The van der Waals surface area contributed by atoms with E-state index < -0.39 is 0 Å². The summed E-state index contributed by atoms with van der Waals surface area (Å²) in [6, 6.07) is 5.72. The predicted molar refractivity (Wildman–Crippen MR) is 76.2 cm³/mol. The molecule has 0 radical (unpaired) electrons. The van der Waals surface area contributed by atoms with E-state index in [0.29, 0.717) is 5.69 Å². The zero-order chi connectivity index (χ0) is 13.5. The van der Waals surface area contributed by atoms with Gasteiger partial charge in [0.25, 0.3) is 0 Å². The Kier molecular flexibility index (Phi) is 5.78. The highest BCUT2D eigenvalue weighted by Gasteiger charge is 2.06. The minimum Gasteiger partial charge on any atom is -0.489 e. The highest BCUT2D eigenvalue weighted by atomic mass is 16.5. The molecule has 1 rings (SSSR count). The van der Waals surface area contributed by atoms with Gasteiger partial charge in [-0.2, -0.15) is 0 Å². The van der Waals surface area contributed by atoms with Gasteiger partial charge < -0.3 is 20.5 Å². The molecule has 0 aliphatic rings. The van der Waals surface area contributed by atoms with E-state index in [0.717, 1.165) is 24.6 Å². The first-order valence-electron chi connectivity index (χ1n) is 6.44. The minimum absolute atomic E-state index is 0.116. The number of ether oxygens (including phenoxy) is 2. The first-order valence-corrected chi connectivity index (χ1v) is 6.44. The third-order valence-corrected chi connectivity index (χ3v) is 2.42. The van der Waals surface area contributed by atoms with E-state index in [1.165, 1.54) is 0 Å². The molecular weight excluding hydrogens is 228 g/mol. The van der Waals surface area contributed by atoms with E-state index in [9.17, 15) is 0 Å². The predicted octanol–water partition coefficient (Wildman–Crippen LogP) is 2.89. The third-order valence-electron chi connectivity index (χ3n) is 2.42. The Morgan fingerprint density at radius 1 is 1.28 bits per heavy atom. The van der Waals surface area contributed by atoms with E-state index in [-0.39, 0.29) is 12.2 Å². The van der Waals surface area contributed by atoms with Crippen molar-refractivity contribution in [1.82, 2.24) is 0 Å². The fourth-order valence-electron chi connectivity index (χ4n) is 1.61. The van der Waals surface area contributed by atoms with E-state index in [1.807, 2.05) is 45.9 Å². The summed E-state index contributed by atoms with van der Waals surface area (Å²) in [6.45, 7) is 9.49. The second-order valence-electron chi connectivity index (χ2n) is 4.57. The number of anilines is 2. The summed E-state index contributed by atoms with van der Waals surface area (Å²) in [4.78, 5) is 0. The van der Waals surface area contributed by atoms with Crippen LogP contribution in [-0.2, 0) is 4.74 Å². The van der Waals surface area contributed by atoms with Crippen LogP contribution < -0.4 is 15.8 Å². The molecule has 3 N–H and O–H groups in total. The topological polar surface area (TPSA) is 56.5 Å². The fourth-order valence-corrected chi connectivity index (χ4v) is 1.61. The summed E-state index contributed by atoms with van der Waals surface area (Å²) in [5, 5.41) is 3.31. The van der Waals surface area contributed by atoms with Crippen LogP contribution in [0, 0.1) is 0 Å². The average molecular weight is 252 g/mol. The van der Waals surface area contributed by atoms with Crippen LogP contribution in [0.2, 0.25) is 0 Å². The molecule has 1 aromatic rings. The zero-order valence-electron chi connectivity index (χ0n) is 11.7. The fraction of sp³-hybridized carbons (Fsp3) is 0.571. The van der Waals surface area contributed by atoms with Crippen molar-refractivity contribution in [2.45, 2.75) is 39.9 Å². The van der Waals surface area contributed by atoms with Crippen LogP contribution in [0.4, 0.5) is 11.4 Å². The number of nitrogens with two attached hydrogens (primary N) is 1. The summed E-state index contributed by atoms with van der Waals surface area (Å²) in [5.74, 6) is 0.721. The van der Waals surface area contributed by atoms with Crippen molar-refractivity contribution in [2.24, 2.45) is 0 Å². The van der Waals surface area contributed by atoms with Gasteiger partial charge in [0.2, 0.25) is 0 Å². The number of benzene rings is 1. The van der Waals surface area contributed by atoms with E-state index >= 15 is 0 Å². The SMILES string of the molecule is CCOC(C)CNc1ccc(N)c(OC(C)C)c1. The third kappa shape index (κ3) is 4.84. The van der Waals surface area contributed by atoms with Crippen molar-refractivity contribution in [1.29, 1.82) is 0 Å². The van der Waals surface area contributed by atoms with Crippen LogP contribution >= 0.6 is 0 Å². The highest BCUT2D eigenvalue weighted by Crippen LogP contribution is 2.26. The molecule has 4 heteroatoms. The van der Waals surface area contributed by atoms with Gasteiger partial charge >= 0.3 is 0 Å². The van der Waals surface area contributed by atoms with Crippen molar-refractivity contribution in [2.75, 3.05) is 24.2 Å². The Bertz CT molecular complexity index is 367. The second kappa shape index (κ2) is 7.11. The maximum absolute atomic E-state index is 5.86. The lowest BCUT2D eigenvalue weighted by Gasteiger charge is -2.16. The molecule has 0 aliphatic heterocycles. The standard InChI is InChI=1S/C14H24N2O2/c1-5-17-11(4)9-16-12-6-7-13(15)14(8-12)18-10(2)3/h6-8,10-11,16H,5,9,15H2,1-4H3. The molecule has 0 saturated heterocycles. The molecule has 0 aliphatic carbocycles. The van der Waals surface area contributed by atoms with Gasteiger partial charge in [-0.1, -0.05) is 0 Å². The smallest absolute Gasteiger partial charge is 0.144 e. The molecule has 1 aromatic carbocycles. The molecule has 18 heavy (non-hydrogen) atoms. The zero-order valence-corrected chi connectivity index (χ0v) is 11.7. The van der Waals surface area contributed by atoms with Crippen molar-refractivity contribution < 1.29 is 9.47 Å². The maximum Gasteiger partial charge on any atom is 0.144 e. The molecule has 0 aromatic heterocycles. The number of hydrogen-bond acceptors (Lipinski definition) is 4. The van der Waals surface area contributed by atoms with Crippen LogP contribution in [0.3, 0.4) is 0 Å². The molecule has 102 valence electrons. The molecule has 0 amide bonds. The van der Waals surface area contributed by atoms with Crippen molar-refractivity contribution in [3.63, 3.8) is 0 Å². The van der Waals surface area contributed by atoms with Gasteiger partial charge in [-0.3, -0.25) is 0 Å². The lowest BCUT2D eigenvalue weighted by Crippen LogP contribution is -2.19. The summed E-state index contributed by atoms with van der Waals surface area (Å²) in [6.07, 6.45) is 0.298. The highest BCUT2D eigenvalue weighted by molar-refractivity contribution is 5.61. The molecule has 0 saturated carbocycles. The quantitative estimate of drug-likeness (QED) is 0.733. The van der Waals surface area contributed by atoms with Crippen molar-refractivity contribution >= 4 is 11.4 Å². The van der Waals surface area contributed by atoms with Crippen molar-refractivity contribution in [3.05, 3.63) is 18.2 Å². The molecule has 0 bridgehead atoms. The molecule has 4 nitrogen and oxygen atoms in total. The van der Waals surface area contributed by atoms with Gasteiger partial charge in [0.05, 0.1) is 17.9 Å². The van der Waals surface area contributed by atoms with Gasteiger partial charge in [0.1, 0.15) is 5.75 Å². The Hall–Kier alpha value is -1.42. The van der Waals surface area contributed by atoms with Crippen LogP contribution in [-0.4, -0.2) is 25.4 Å². The summed E-state index contributed by atoms with van der Waals surface area (Å²) in [5.41, 5.74) is 7.52. The van der Waals surface area contributed by atoms with Gasteiger partial charge in [0.15, 0.2) is 0 Å². The Morgan fingerprint density at radius 2 is 2.00 bits per heavy atom. The first-order chi connectivity index (χ1) is 8.52.